The van der Waals surface area contributed by atoms with Crippen LogP contribution in [-0.2, 0) is 132 Å². The number of aliphatic imine (C=N–C) groups is 16. The van der Waals surface area contributed by atoms with E-state index in [2.05, 4.69) is 108 Å². The molecule has 0 rings (SSSR count). The first kappa shape index (κ1) is 206. The Balaban J connectivity index is -0.0000000502. The van der Waals surface area contributed by atoms with E-state index in [1.807, 2.05) is 138 Å². The first-order chi connectivity index (χ1) is 62.9. The van der Waals surface area contributed by atoms with Crippen molar-refractivity contribution in [1.82, 2.24) is 0 Å². The van der Waals surface area contributed by atoms with E-state index in [-0.39, 0.29) is 156 Å². The molecule has 0 saturated heterocycles. The Morgan fingerprint density at radius 2 is 0.277 bits per heavy atom. The average Bonchev–Trinajstić information content (AvgIpc) is 0.943. The van der Waals surface area contributed by atoms with E-state index in [0.717, 1.165) is 104 Å². The van der Waals surface area contributed by atoms with Crippen LogP contribution in [0.3, 0.4) is 0 Å². The molecule has 0 aliphatic heterocycles. The molecule has 0 aromatic carbocycles. The van der Waals surface area contributed by atoms with Crippen LogP contribution < -0.4 is 0 Å². The average molecular weight is 2480 g/mol. The van der Waals surface area contributed by atoms with Crippen molar-refractivity contribution < 1.29 is 214 Å². The molecule has 0 saturated carbocycles. The molecule has 0 aliphatic rings. The van der Waals surface area contributed by atoms with Gasteiger partial charge in [-0.25, -0.2) is 0 Å². The van der Waals surface area contributed by atoms with Gasteiger partial charge >= 0.3 is 0 Å². The van der Waals surface area contributed by atoms with Crippen LogP contribution in [0.15, 0.2) is 79.9 Å². The molecule has 16 N–H and O–H groups in total. The van der Waals surface area contributed by atoms with Gasteiger partial charge in [-0.3, -0.25) is 79.9 Å². The van der Waals surface area contributed by atoms with Gasteiger partial charge in [0, 0.05) is 336 Å². The van der Waals surface area contributed by atoms with E-state index in [1.165, 1.54) is 12.4 Å². The summed E-state index contributed by atoms with van der Waals surface area (Å²) in [6.45, 7) is 94.8. The van der Waals surface area contributed by atoms with E-state index >= 15 is 0 Å². The molecule has 0 spiro atoms. The van der Waals surface area contributed by atoms with Crippen LogP contribution in [0, 0.1) is 0 Å². The summed E-state index contributed by atoms with van der Waals surface area (Å²) in [5, 5.41) is 147. The van der Waals surface area contributed by atoms with Crippen molar-refractivity contribution in [3.05, 3.63) is 0 Å². The first-order valence-electron chi connectivity index (χ1n) is 50.4. The minimum absolute atomic E-state index is 0. The minimum atomic E-state index is -0.760. The van der Waals surface area contributed by atoms with Gasteiger partial charge in [0.1, 0.15) is 0 Å². The minimum Gasteiger partial charge on any atom is -0.385 e. The molecule has 8 unspecified atom stereocenters. The number of rotatable bonds is 40. The zero-order valence-electron chi connectivity index (χ0n) is 103. The van der Waals surface area contributed by atoms with E-state index in [9.17, 15) is 40.9 Å². The van der Waals surface area contributed by atoms with Gasteiger partial charge < -0.3 is 81.7 Å². The number of hydrogen-bond acceptors (Lipinski definition) is 32. The summed E-state index contributed by atoms with van der Waals surface area (Å²) in [6.07, 6.45) is 35.1. The molecule has 8 atom stereocenters. The van der Waals surface area contributed by atoms with Crippen LogP contribution >= 0.6 is 0 Å². The predicted octanol–water partition coefficient (Wildman–Crippen LogP) is 18.2. The van der Waals surface area contributed by atoms with Crippen molar-refractivity contribution in [3.8, 4) is 0 Å². The van der Waals surface area contributed by atoms with Gasteiger partial charge in [0.25, 0.3) is 0 Å². The molecule has 0 aromatic heterocycles. The topological polar surface area (TPSA) is 521 Å². The predicted molar refractivity (Wildman–Crippen MR) is 621 cm³/mol. The van der Waals surface area contributed by atoms with Crippen LogP contribution in [0.5, 0.6) is 0 Å². The molecule has 0 heterocycles. The smallest absolute Gasteiger partial charge is 0.0962 e. The maximum absolute atomic E-state index is 9.42. The van der Waals surface area contributed by atoms with Crippen LogP contribution in [0.1, 0.15) is 409 Å². The number of nitrogens with zero attached hydrogens (tertiary/aromatic N) is 16. The van der Waals surface area contributed by atoms with E-state index in [1.54, 1.807) is 281 Å². The Labute approximate surface area is 988 Å². The van der Waals surface area contributed by atoms with Crippen molar-refractivity contribution in [2.45, 2.75) is 523 Å². The van der Waals surface area contributed by atoms with E-state index < -0.39 is 89.6 Å². The van der Waals surface area contributed by atoms with Gasteiger partial charge in [-0.1, -0.05) is 83.1 Å². The summed E-state index contributed by atoms with van der Waals surface area (Å²) in [5.41, 5.74) is -11.6. The maximum atomic E-state index is 9.42. The van der Waals surface area contributed by atoms with Crippen molar-refractivity contribution >= 4 is 99.4 Å². The Kier molecular flexibility index (Phi) is 168. The van der Waals surface area contributed by atoms with Crippen molar-refractivity contribution in [3.63, 3.8) is 0 Å². The molecule has 0 amide bonds. The third-order valence-corrected chi connectivity index (χ3v) is 15.4. The summed E-state index contributed by atoms with van der Waals surface area (Å²) < 4.78 is 0. The molecule has 920 valence electrons. The Morgan fingerprint density at radius 1 is 0.162 bits per heavy atom. The second-order valence-electron chi connectivity index (χ2n) is 40.6. The number of hydrogen-bond donors (Lipinski definition) is 16. The third-order valence-electron chi connectivity index (χ3n) is 15.4. The van der Waals surface area contributed by atoms with Crippen LogP contribution in [-0.4, -0.2) is 375 Å². The molecule has 40 heteroatoms. The summed E-state index contributed by atoms with van der Waals surface area (Å²) in [6, 6.07) is 1.10. The molecule has 0 aliphatic carbocycles. The second-order valence-corrected chi connectivity index (χ2v) is 40.6. The van der Waals surface area contributed by atoms with Gasteiger partial charge in [-0.2, -0.15) is 0 Å². The third kappa shape index (κ3) is 262. The zero-order chi connectivity index (χ0) is 115. The fourth-order valence-electron chi connectivity index (χ4n) is 6.02. The summed E-state index contributed by atoms with van der Waals surface area (Å²) in [4.78, 5) is 62.6. The fourth-order valence-corrected chi connectivity index (χ4v) is 6.02. The SMILES string of the molecule is CC(C)N=CC(C)(C)O.CC(C)N=CC(C)(C)O.CCC(C)(O)C=NC.CCC(C)(O)C=NC.CCC(C)(O)C=NC(C)C.CCC(C)(O)C=NC(C)C.CCCN=CC(C)(C)O.CCCN=CC(C)(C)O.CCCN=CC(C)(O)CC.CCCN=CC(C)(O)CC.CCN=CC(C)(C)O.CCN=CC(C)(C)O.CCN=CC(C)(O)CC.CCN=CC(C)(O)CC.CN=CC(C)(C)O.CN=CC(C)(C)O.[Ni].[Ni].[Ni].[Ni].[Ni].[Ni].[Ni].[Ni]. The van der Waals surface area contributed by atoms with Crippen LogP contribution in [0.2, 0.25) is 0 Å². The monoisotopic (exact) mass is 2470 g/mol. The molecule has 0 aromatic rings. The molecule has 0 fully saturated rings. The van der Waals surface area contributed by atoms with Gasteiger partial charge in [-0.05, 0) is 326 Å². The van der Waals surface area contributed by atoms with Gasteiger partial charge in [0.05, 0.1) is 89.6 Å². The fraction of sp³-hybridized carbons (Fsp3) is 0.852. The molecule has 0 radical (unpaired) electrons. The largest absolute Gasteiger partial charge is 0.385 e. The van der Waals surface area contributed by atoms with Gasteiger partial charge in [0.2, 0.25) is 0 Å². The van der Waals surface area contributed by atoms with E-state index in [0.29, 0.717) is 25.7 Å². The van der Waals surface area contributed by atoms with Gasteiger partial charge in [0.15, 0.2) is 0 Å². The summed E-state index contributed by atoms with van der Waals surface area (Å²) in [5.74, 6) is 0. The number of aliphatic hydroxyl groups is 16. The summed E-state index contributed by atoms with van der Waals surface area (Å²) >= 11 is 0. The van der Waals surface area contributed by atoms with Crippen LogP contribution in [0.4, 0.5) is 0 Å². The normalized spacial score (nSPS) is 15.0. The first-order valence-corrected chi connectivity index (χ1v) is 50.4. The Hall–Kier alpha value is -1.97. The standard InChI is InChI=1S/4C8H17NO.6C7H15NO.4C6H13NO.2C5H11NO.8Ni/c2*1-5-8(4,10)6-9-7(2)3;2*1-4-6-9-7-8(3,10)5-2;2*1-6(2)8-5-7(3,4)9;2*1-4-5-8-6-7(2,3)9;2*1-4-7(3,9)6-8-5-2;2*1-4-6(2,8)5-7-3;2*1-4-7-5-6(2,3)8;2*1-5(2,7)4-6-3;;;;;;;;/h2*6-7,10H,5H2,1-4H3;2*7,10H,4-6H2,1-3H3;2*5-6,9H,1-4H3;4*6,9H,4-5H2,1-3H3;4*5,8H,4H2,1-3H3;2*4,7H,1-3H3;;;;;;;;. The molecule has 0 bridgehead atoms. The molecular weight excluding hydrogens is 2250 g/mol. The Morgan fingerprint density at radius 3 is 0.372 bits per heavy atom. The maximum Gasteiger partial charge on any atom is 0.0962 e. The molecular formula is C108H232N16Ni8O16. The Bertz CT molecular complexity index is 3000. The molecule has 148 heavy (non-hydrogen) atoms. The van der Waals surface area contributed by atoms with Crippen molar-refractivity contribution in [2.75, 3.05) is 80.5 Å². The zero-order valence-corrected chi connectivity index (χ0v) is 110. The van der Waals surface area contributed by atoms with Crippen molar-refractivity contribution in [2.24, 2.45) is 79.9 Å². The van der Waals surface area contributed by atoms with E-state index in [4.69, 9.17) is 40.9 Å². The summed E-state index contributed by atoms with van der Waals surface area (Å²) in [7, 11) is 6.59. The van der Waals surface area contributed by atoms with Crippen molar-refractivity contribution in [1.29, 1.82) is 0 Å². The van der Waals surface area contributed by atoms with Gasteiger partial charge in [-0.15, -0.1) is 0 Å². The van der Waals surface area contributed by atoms with Crippen LogP contribution in [0.25, 0.3) is 0 Å². The molecule has 32 nitrogen and oxygen atoms in total. The second kappa shape index (κ2) is 120. The quantitative estimate of drug-likeness (QED) is 0.0200.